The summed E-state index contributed by atoms with van der Waals surface area (Å²) in [6.07, 6.45) is 3.88. The van der Waals surface area contributed by atoms with Crippen molar-refractivity contribution in [2.75, 3.05) is 26.7 Å². The summed E-state index contributed by atoms with van der Waals surface area (Å²) >= 11 is 0. The molecule has 0 aliphatic carbocycles. The molecule has 9 heteroatoms. The first-order chi connectivity index (χ1) is 17.9. The molecule has 198 valence electrons. The van der Waals surface area contributed by atoms with E-state index in [4.69, 9.17) is 0 Å². The lowest BCUT2D eigenvalue weighted by atomic mass is 9.98. The average Bonchev–Trinajstić information content (AvgIpc) is 2.89. The fourth-order valence-electron chi connectivity index (χ4n) is 5.13. The number of benzene rings is 2. The first-order valence-electron chi connectivity index (χ1n) is 13.1. The third-order valence-electron chi connectivity index (χ3n) is 7.06. The van der Waals surface area contributed by atoms with Gasteiger partial charge in [-0.25, -0.2) is 19.2 Å². The highest BCUT2D eigenvalue weighted by molar-refractivity contribution is 5.91. The molecule has 2 aliphatic heterocycles. The number of nitrogens with one attached hydrogen (secondary N) is 1. The van der Waals surface area contributed by atoms with E-state index in [0.717, 1.165) is 36.8 Å². The van der Waals surface area contributed by atoms with Crippen LogP contribution in [0.15, 0.2) is 54.6 Å². The smallest absolute Gasteiger partial charge is 0.334 e. The van der Waals surface area contributed by atoms with E-state index >= 15 is 0 Å². The van der Waals surface area contributed by atoms with Gasteiger partial charge in [0.05, 0.1) is 13.1 Å². The van der Waals surface area contributed by atoms with E-state index in [0.29, 0.717) is 13.0 Å². The summed E-state index contributed by atoms with van der Waals surface area (Å²) in [4.78, 5) is 43.8. The van der Waals surface area contributed by atoms with Gasteiger partial charge in [-0.2, -0.15) is 0 Å². The summed E-state index contributed by atoms with van der Waals surface area (Å²) in [6, 6.07) is 14.6. The van der Waals surface area contributed by atoms with Gasteiger partial charge in [-0.1, -0.05) is 68.7 Å². The number of nitrogens with zero attached hydrogens (tertiary/aromatic N) is 4. The SMILES string of the molecule is CCCCCCN1C[C@H]2N(C(=O)CN(C)N2C(=O)NCc2ccc(F)cc2)[C@@H](Cc2ccccc2)C1=O. The van der Waals surface area contributed by atoms with E-state index in [1.54, 1.807) is 34.1 Å². The van der Waals surface area contributed by atoms with Crippen LogP contribution in [0.5, 0.6) is 0 Å². The number of piperazine rings is 1. The monoisotopic (exact) mass is 509 g/mol. The summed E-state index contributed by atoms with van der Waals surface area (Å²) in [5.41, 5.74) is 1.73. The lowest BCUT2D eigenvalue weighted by Crippen LogP contribution is -2.76. The molecule has 2 aliphatic rings. The summed E-state index contributed by atoms with van der Waals surface area (Å²) in [5.74, 6) is -0.577. The van der Waals surface area contributed by atoms with E-state index in [2.05, 4.69) is 12.2 Å². The number of halogens is 1. The molecule has 4 rings (SSSR count). The van der Waals surface area contributed by atoms with Crippen LogP contribution in [-0.4, -0.2) is 76.6 Å². The number of hydrogen-bond donors (Lipinski definition) is 1. The molecule has 2 heterocycles. The minimum absolute atomic E-state index is 0.00443. The largest absolute Gasteiger partial charge is 0.337 e. The third-order valence-corrected chi connectivity index (χ3v) is 7.06. The fourth-order valence-corrected chi connectivity index (χ4v) is 5.13. The van der Waals surface area contributed by atoms with Crippen molar-refractivity contribution >= 4 is 17.8 Å². The lowest BCUT2D eigenvalue weighted by molar-refractivity contribution is -0.186. The number of rotatable bonds is 9. The Morgan fingerprint density at radius 1 is 1.00 bits per heavy atom. The molecule has 1 N–H and O–H groups in total. The van der Waals surface area contributed by atoms with Gasteiger partial charge < -0.3 is 15.1 Å². The highest BCUT2D eigenvalue weighted by Crippen LogP contribution is 2.28. The van der Waals surface area contributed by atoms with Gasteiger partial charge in [0.2, 0.25) is 11.8 Å². The minimum Gasteiger partial charge on any atom is -0.337 e. The van der Waals surface area contributed by atoms with Crippen LogP contribution >= 0.6 is 0 Å². The van der Waals surface area contributed by atoms with E-state index in [1.165, 1.54) is 12.1 Å². The third kappa shape index (κ3) is 6.28. The van der Waals surface area contributed by atoms with Crippen LogP contribution in [0.25, 0.3) is 0 Å². The van der Waals surface area contributed by atoms with Gasteiger partial charge in [-0.15, -0.1) is 0 Å². The minimum atomic E-state index is -0.680. The van der Waals surface area contributed by atoms with E-state index in [1.807, 2.05) is 35.2 Å². The summed E-state index contributed by atoms with van der Waals surface area (Å²) < 4.78 is 13.3. The maximum absolute atomic E-state index is 13.7. The summed E-state index contributed by atoms with van der Waals surface area (Å²) in [6.45, 7) is 3.21. The zero-order valence-electron chi connectivity index (χ0n) is 21.6. The van der Waals surface area contributed by atoms with E-state index in [-0.39, 0.29) is 43.3 Å². The van der Waals surface area contributed by atoms with Gasteiger partial charge in [0, 0.05) is 26.6 Å². The normalized spacial score (nSPS) is 20.2. The van der Waals surface area contributed by atoms with Gasteiger partial charge in [0.15, 0.2) is 0 Å². The molecule has 2 atom stereocenters. The Morgan fingerprint density at radius 2 is 1.73 bits per heavy atom. The Hall–Kier alpha value is -3.46. The predicted molar refractivity (Wildman–Crippen MR) is 138 cm³/mol. The molecule has 8 nitrogen and oxygen atoms in total. The molecule has 0 unspecified atom stereocenters. The second kappa shape index (κ2) is 12.2. The molecule has 2 saturated heterocycles. The Bertz CT molecular complexity index is 1080. The van der Waals surface area contributed by atoms with Crippen LogP contribution in [0, 0.1) is 5.82 Å². The molecular formula is C28H36FN5O3. The van der Waals surface area contributed by atoms with Crippen molar-refractivity contribution in [1.29, 1.82) is 0 Å². The number of carbonyl (C=O) groups is 3. The van der Waals surface area contributed by atoms with Crippen LogP contribution in [0.1, 0.15) is 43.7 Å². The van der Waals surface area contributed by atoms with Gasteiger partial charge in [0.1, 0.15) is 18.0 Å². The lowest BCUT2D eigenvalue weighted by Gasteiger charge is -2.54. The zero-order valence-corrected chi connectivity index (χ0v) is 21.6. The van der Waals surface area contributed by atoms with Crippen LogP contribution in [0.4, 0.5) is 9.18 Å². The molecule has 2 aromatic rings. The second-order valence-electron chi connectivity index (χ2n) is 9.78. The first-order valence-corrected chi connectivity index (χ1v) is 13.1. The van der Waals surface area contributed by atoms with Crippen molar-refractivity contribution < 1.29 is 18.8 Å². The van der Waals surface area contributed by atoms with Gasteiger partial charge >= 0.3 is 6.03 Å². The van der Waals surface area contributed by atoms with E-state index in [9.17, 15) is 18.8 Å². The number of carbonyl (C=O) groups excluding carboxylic acids is 3. The Labute approximate surface area is 218 Å². The maximum atomic E-state index is 13.7. The Balaban J connectivity index is 1.57. The number of urea groups is 1. The number of likely N-dealkylation sites (N-methyl/N-ethyl adjacent to an activating group) is 1. The molecule has 4 amide bonds. The highest BCUT2D eigenvalue weighted by atomic mass is 19.1. The van der Waals surface area contributed by atoms with Gasteiger partial charge in [-0.3, -0.25) is 9.59 Å². The standard InChI is InChI=1S/C28H36FN5O3/c1-3-4-5-9-16-32-19-25-33(24(27(32)36)17-21-10-7-6-8-11-21)26(35)20-31(2)34(25)28(37)30-18-22-12-14-23(29)15-13-22/h6-8,10-15,24-25H,3-5,9,16-20H2,1-2H3,(H,30,37)/t24-,25-/m0/s1. The molecule has 0 saturated carbocycles. The molecule has 37 heavy (non-hydrogen) atoms. The number of amides is 4. The Kier molecular flexibility index (Phi) is 8.76. The highest BCUT2D eigenvalue weighted by Gasteiger charge is 2.50. The summed E-state index contributed by atoms with van der Waals surface area (Å²) in [5, 5.41) is 6.07. The van der Waals surface area contributed by atoms with Crippen molar-refractivity contribution in [1.82, 2.24) is 25.1 Å². The van der Waals surface area contributed by atoms with Crippen molar-refractivity contribution in [3.63, 3.8) is 0 Å². The van der Waals surface area contributed by atoms with Crippen molar-refractivity contribution in [2.45, 2.75) is 57.8 Å². The zero-order chi connectivity index (χ0) is 26.4. The van der Waals surface area contributed by atoms with E-state index < -0.39 is 12.2 Å². The first kappa shape index (κ1) is 26.6. The number of hydrogen-bond acceptors (Lipinski definition) is 4. The molecule has 0 spiro atoms. The molecule has 0 bridgehead atoms. The quantitative estimate of drug-likeness (QED) is 0.526. The van der Waals surface area contributed by atoms with Crippen LogP contribution in [0.2, 0.25) is 0 Å². The van der Waals surface area contributed by atoms with Crippen LogP contribution in [-0.2, 0) is 22.6 Å². The molecule has 0 radical (unpaired) electrons. The molecule has 2 aromatic carbocycles. The Morgan fingerprint density at radius 3 is 2.43 bits per heavy atom. The number of unbranched alkanes of at least 4 members (excludes halogenated alkanes) is 3. The van der Waals surface area contributed by atoms with Crippen molar-refractivity contribution in [3.05, 3.63) is 71.5 Å². The number of fused-ring (bicyclic) bond motifs is 1. The predicted octanol–water partition coefficient (Wildman–Crippen LogP) is 3.39. The maximum Gasteiger partial charge on any atom is 0.334 e. The summed E-state index contributed by atoms with van der Waals surface area (Å²) in [7, 11) is 1.71. The van der Waals surface area contributed by atoms with Crippen molar-refractivity contribution in [2.24, 2.45) is 0 Å². The van der Waals surface area contributed by atoms with Crippen molar-refractivity contribution in [3.8, 4) is 0 Å². The van der Waals surface area contributed by atoms with Crippen LogP contribution < -0.4 is 5.32 Å². The molecule has 0 aromatic heterocycles. The second-order valence-corrected chi connectivity index (χ2v) is 9.78. The molecule has 2 fully saturated rings. The number of hydrazine groups is 1. The molecular weight excluding hydrogens is 473 g/mol. The fraction of sp³-hybridized carbons (Fsp3) is 0.464. The van der Waals surface area contributed by atoms with Gasteiger partial charge in [-0.05, 0) is 29.7 Å². The topological polar surface area (TPSA) is 76.2 Å². The van der Waals surface area contributed by atoms with Crippen LogP contribution in [0.3, 0.4) is 0 Å². The average molecular weight is 510 g/mol. The van der Waals surface area contributed by atoms with Gasteiger partial charge in [0.25, 0.3) is 0 Å².